The fraction of sp³-hybridized carbons (Fsp3) is 1.00. The first-order valence-corrected chi connectivity index (χ1v) is 12.6. The molecule has 0 amide bonds. The molecule has 2 rings (SSSR count). The summed E-state index contributed by atoms with van der Waals surface area (Å²) in [6.45, 7) is 8.41. The molecule has 2 heterocycles. The second-order valence-electron chi connectivity index (χ2n) is 8.94. The predicted molar refractivity (Wildman–Crippen MR) is 123 cm³/mol. The van der Waals surface area contributed by atoms with Gasteiger partial charge in [0.1, 0.15) is 0 Å². The zero-order chi connectivity index (χ0) is 21.9. The number of nitrogens with two attached hydrogens (primary N) is 2. The van der Waals surface area contributed by atoms with Gasteiger partial charge in [-0.2, -0.15) is 0 Å². The lowest BCUT2D eigenvalue weighted by Gasteiger charge is -2.43. The second kappa shape index (κ2) is 18.3. The highest BCUT2D eigenvalue weighted by molar-refractivity contribution is 4.84. The quantitative estimate of drug-likeness (QED) is 0.387. The van der Waals surface area contributed by atoms with Gasteiger partial charge in [0.05, 0.1) is 31.8 Å². The van der Waals surface area contributed by atoms with Gasteiger partial charge in [0, 0.05) is 0 Å². The molecule has 6 heteroatoms. The molecule has 30 heavy (non-hydrogen) atoms. The summed E-state index contributed by atoms with van der Waals surface area (Å²) in [6, 6.07) is 0. The minimum Gasteiger partial charge on any atom is -0.352 e. The fourth-order valence-electron chi connectivity index (χ4n) is 3.71. The molecular weight excluding hydrogens is 380 g/mol. The number of ether oxygens (including phenoxy) is 4. The average molecular weight is 431 g/mol. The molecule has 2 aliphatic heterocycles. The Kier molecular flexibility index (Phi) is 17.0. The van der Waals surface area contributed by atoms with Crippen molar-refractivity contribution < 1.29 is 18.9 Å². The lowest BCUT2D eigenvalue weighted by molar-refractivity contribution is -0.304. The Balaban J connectivity index is 0.000000352. The maximum absolute atomic E-state index is 5.73. The van der Waals surface area contributed by atoms with Crippen molar-refractivity contribution in [2.24, 2.45) is 16.9 Å². The molecule has 0 bridgehead atoms. The molecule has 0 aromatic heterocycles. The van der Waals surface area contributed by atoms with E-state index in [1.165, 1.54) is 57.8 Å². The molecule has 4 N–H and O–H groups in total. The molecule has 0 saturated carbocycles. The van der Waals surface area contributed by atoms with Gasteiger partial charge >= 0.3 is 0 Å². The van der Waals surface area contributed by atoms with Gasteiger partial charge in [0.15, 0.2) is 12.6 Å². The predicted octanol–water partition coefficient (Wildman–Crippen LogP) is 4.73. The van der Waals surface area contributed by atoms with E-state index in [9.17, 15) is 0 Å². The molecular formula is C24H50N2O4. The Bertz CT molecular complexity index is 331. The number of rotatable bonds is 14. The Morgan fingerprint density at radius 1 is 0.567 bits per heavy atom. The van der Waals surface area contributed by atoms with Crippen molar-refractivity contribution in [3.63, 3.8) is 0 Å². The van der Waals surface area contributed by atoms with Crippen molar-refractivity contribution in [3.05, 3.63) is 0 Å². The minimum absolute atomic E-state index is 0.121. The SMILES string of the molecule is CCCCCCCCCCC.NCCCC1OCC2(CO1)COC(CCCN)OC2. The van der Waals surface area contributed by atoms with Crippen molar-refractivity contribution in [2.75, 3.05) is 39.5 Å². The highest BCUT2D eigenvalue weighted by atomic mass is 16.7. The normalized spacial score (nSPS) is 26.4. The van der Waals surface area contributed by atoms with E-state index < -0.39 is 0 Å². The summed E-state index contributed by atoms with van der Waals surface area (Å²) in [4.78, 5) is 0. The Morgan fingerprint density at radius 2 is 0.900 bits per heavy atom. The van der Waals surface area contributed by atoms with Crippen molar-refractivity contribution in [1.29, 1.82) is 0 Å². The van der Waals surface area contributed by atoms with E-state index >= 15 is 0 Å². The van der Waals surface area contributed by atoms with E-state index in [1.807, 2.05) is 0 Å². The van der Waals surface area contributed by atoms with E-state index in [2.05, 4.69) is 13.8 Å². The molecule has 0 aromatic carbocycles. The summed E-state index contributed by atoms with van der Waals surface area (Å²) in [7, 11) is 0. The number of hydrogen-bond acceptors (Lipinski definition) is 6. The summed E-state index contributed by atoms with van der Waals surface area (Å²) >= 11 is 0. The van der Waals surface area contributed by atoms with Crippen LogP contribution < -0.4 is 11.5 Å². The van der Waals surface area contributed by atoms with Crippen LogP contribution in [0.15, 0.2) is 0 Å². The van der Waals surface area contributed by atoms with Crippen molar-refractivity contribution >= 4 is 0 Å². The van der Waals surface area contributed by atoms with Gasteiger partial charge in [-0.05, 0) is 38.8 Å². The summed E-state index contributed by atoms with van der Waals surface area (Å²) in [6.07, 6.45) is 16.3. The highest BCUT2D eigenvalue weighted by Gasteiger charge is 2.41. The van der Waals surface area contributed by atoms with Crippen molar-refractivity contribution in [1.82, 2.24) is 0 Å². The smallest absolute Gasteiger partial charge is 0.157 e. The van der Waals surface area contributed by atoms with Crippen LogP contribution in [0.4, 0.5) is 0 Å². The van der Waals surface area contributed by atoms with Gasteiger partial charge in [0.2, 0.25) is 0 Å². The third-order valence-electron chi connectivity index (χ3n) is 5.80. The van der Waals surface area contributed by atoms with Crippen LogP contribution >= 0.6 is 0 Å². The summed E-state index contributed by atoms with van der Waals surface area (Å²) in [5, 5.41) is 0. The highest BCUT2D eigenvalue weighted by Crippen LogP contribution is 2.31. The zero-order valence-electron chi connectivity index (χ0n) is 19.9. The minimum atomic E-state index is -0.140. The van der Waals surface area contributed by atoms with Gasteiger partial charge in [-0.1, -0.05) is 71.6 Å². The van der Waals surface area contributed by atoms with Crippen LogP contribution in [-0.4, -0.2) is 52.1 Å². The first-order valence-electron chi connectivity index (χ1n) is 12.6. The van der Waals surface area contributed by atoms with Gasteiger partial charge in [0.25, 0.3) is 0 Å². The van der Waals surface area contributed by atoms with E-state index in [0.717, 1.165) is 25.7 Å². The molecule has 2 saturated heterocycles. The number of hydrogen-bond donors (Lipinski definition) is 2. The van der Waals surface area contributed by atoms with Gasteiger partial charge < -0.3 is 30.4 Å². The average Bonchev–Trinajstić information content (AvgIpc) is 2.78. The molecule has 0 radical (unpaired) electrons. The van der Waals surface area contributed by atoms with Crippen LogP contribution in [0, 0.1) is 5.41 Å². The van der Waals surface area contributed by atoms with Crippen LogP contribution in [0.2, 0.25) is 0 Å². The van der Waals surface area contributed by atoms with Gasteiger partial charge in [-0.25, -0.2) is 0 Å². The molecule has 2 aliphatic rings. The van der Waals surface area contributed by atoms with Gasteiger partial charge in [-0.3, -0.25) is 0 Å². The Labute approximate surface area is 185 Å². The maximum Gasteiger partial charge on any atom is 0.157 e. The van der Waals surface area contributed by atoms with E-state index in [4.69, 9.17) is 30.4 Å². The van der Waals surface area contributed by atoms with Crippen LogP contribution in [0.5, 0.6) is 0 Å². The van der Waals surface area contributed by atoms with Crippen molar-refractivity contribution in [2.45, 2.75) is 110 Å². The zero-order valence-corrected chi connectivity index (χ0v) is 19.9. The Hall–Kier alpha value is -0.240. The topological polar surface area (TPSA) is 89.0 Å². The van der Waals surface area contributed by atoms with E-state index in [0.29, 0.717) is 39.5 Å². The summed E-state index contributed by atoms with van der Waals surface area (Å²) < 4.78 is 22.9. The molecule has 180 valence electrons. The first kappa shape index (κ1) is 27.8. The van der Waals surface area contributed by atoms with Crippen LogP contribution in [0.25, 0.3) is 0 Å². The largest absolute Gasteiger partial charge is 0.352 e. The summed E-state index contributed by atoms with van der Waals surface area (Å²) in [5.41, 5.74) is 10.8. The summed E-state index contributed by atoms with van der Waals surface area (Å²) in [5.74, 6) is 0. The third-order valence-corrected chi connectivity index (χ3v) is 5.80. The Morgan fingerprint density at radius 3 is 1.20 bits per heavy atom. The molecule has 0 unspecified atom stereocenters. The first-order chi connectivity index (χ1) is 14.7. The standard InChI is InChI=1S/C13H26N2O4.C11H24/c14-5-1-3-11-16-7-13(8-17-11)9-18-12(19-10-13)4-2-6-15;1-3-5-7-9-11-10-8-6-4-2/h11-12H,1-10,14-15H2;3-11H2,1-2H3. The molecule has 1 spiro atoms. The monoisotopic (exact) mass is 430 g/mol. The molecule has 6 nitrogen and oxygen atoms in total. The van der Waals surface area contributed by atoms with Gasteiger partial charge in [-0.15, -0.1) is 0 Å². The molecule has 0 atom stereocenters. The van der Waals surface area contributed by atoms with Crippen molar-refractivity contribution in [3.8, 4) is 0 Å². The fourth-order valence-corrected chi connectivity index (χ4v) is 3.71. The lowest BCUT2D eigenvalue weighted by Crippen LogP contribution is -2.52. The molecule has 2 fully saturated rings. The van der Waals surface area contributed by atoms with Crippen LogP contribution in [0.3, 0.4) is 0 Å². The number of unbranched alkanes of at least 4 members (excludes halogenated alkanes) is 8. The van der Waals surface area contributed by atoms with E-state index in [-0.39, 0.29) is 18.0 Å². The maximum atomic E-state index is 5.73. The molecule has 0 aromatic rings. The van der Waals surface area contributed by atoms with E-state index in [1.54, 1.807) is 0 Å². The second-order valence-corrected chi connectivity index (χ2v) is 8.94. The third kappa shape index (κ3) is 12.6. The molecule has 0 aliphatic carbocycles. The van der Waals surface area contributed by atoms with Crippen LogP contribution in [0.1, 0.15) is 97.3 Å². The lowest BCUT2D eigenvalue weighted by atomic mass is 9.90. The van der Waals surface area contributed by atoms with Crippen LogP contribution in [-0.2, 0) is 18.9 Å².